The Bertz CT molecular complexity index is 927. The van der Waals surface area contributed by atoms with Crippen molar-refractivity contribution in [2.24, 2.45) is 5.92 Å². The average molecular weight is 397 g/mol. The number of aryl methyl sites for hydroxylation is 1. The predicted molar refractivity (Wildman–Crippen MR) is 109 cm³/mol. The molecule has 2 aromatic carbocycles. The molecule has 0 spiro atoms. The number of urea groups is 1. The summed E-state index contributed by atoms with van der Waals surface area (Å²) in [5.74, 6) is -1.11. The molecule has 0 aliphatic carbocycles. The van der Waals surface area contributed by atoms with Crippen LogP contribution in [0.5, 0.6) is 0 Å². The molecule has 6 nitrogen and oxygen atoms in total. The molecule has 0 bridgehead atoms. The van der Waals surface area contributed by atoms with Crippen LogP contribution in [0.2, 0.25) is 0 Å². The number of hydrogen-bond donors (Lipinski definition) is 1. The molecule has 1 aliphatic heterocycles. The molecule has 1 aliphatic rings. The Labute approximate surface area is 169 Å². The normalized spacial score (nSPS) is 16.7. The van der Waals surface area contributed by atoms with Gasteiger partial charge in [-0.25, -0.2) is 14.1 Å². The molecule has 0 unspecified atom stereocenters. The van der Waals surface area contributed by atoms with E-state index in [-0.39, 0.29) is 12.3 Å². The first-order valence-electron chi connectivity index (χ1n) is 9.53. The Morgan fingerprint density at radius 1 is 1.14 bits per heavy atom. The molecule has 3 rings (SSSR count). The van der Waals surface area contributed by atoms with Crippen LogP contribution in [-0.4, -0.2) is 35.3 Å². The van der Waals surface area contributed by atoms with Crippen LogP contribution in [0.4, 0.5) is 20.6 Å². The number of nitrogens with one attached hydrogen (secondary N) is 1. The molecule has 7 heteroatoms. The first-order valence-corrected chi connectivity index (χ1v) is 9.53. The number of carbonyl (C=O) groups is 3. The van der Waals surface area contributed by atoms with Crippen LogP contribution in [0.3, 0.4) is 0 Å². The Morgan fingerprint density at radius 3 is 2.45 bits per heavy atom. The Morgan fingerprint density at radius 2 is 1.83 bits per heavy atom. The van der Waals surface area contributed by atoms with Gasteiger partial charge in [0.1, 0.15) is 11.9 Å². The van der Waals surface area contributed by atoms with E-state index in [2.05, 4.69) is 5.32 Å². The third-order valence-corrected chi connectivity index (χ3v) is 4.65. The lowest BCUT2D eigenvalue weighted by Gasteiger charge is -2.23. The Balaban J connectivity index is 1.82. The Kier molecular flexibility index (Phi) is 5.96. The van der Waals surface area contributed by atoms with Gasteiger partial charge in [-0.1, -0.05) is 26.0 Å². The lowest BCUT2D eigenvalue weighted by molar-refractivity contribution is -0.124. The van der Waals surface area contributed by atoms with Crippen molar-refractivity contribution in [1.82, 2.24) is 4.90 Å². The molecule has 0 aromatic heterocycles. The fourth-order valence-corrected chi connectivity index (χ4v) is 3.36. The van der Waals surface area contributed by atoms with Gasteiger partial charge in [0.2, 0.25) is 5.91 Å². The molecular weight excluding hydrogens is 373 g/mol. The molecule has 0 saturated carbocycles. The third-order valence-electron chi connectivity index (χ3n) is 4.65. The average Bonchev–Trinajstić information content (AvgIpc) is 2.87. The highest BCUT2D eigenvalue weighted by atomic mass is 19.1. The second-order valence-electron chi connectivity index (χ2n) is 7.62. The van der Waals surface area contributed by atoms with Gasteiger partial charge >= 0.3 is 6.03 Å². The Hall–Kier alpha value is -3.22. The van der Waals surface area contributed by atoms with E-state index in [9.17, 15) is 18.8 Å². The minimum atomic E-state index is -0.883. The summed E-state index contributed by atoms with van der Waals surface area (Å²) in [6.07, 6.45) is -0.170. The van der Waals surface area contributed by atoms with Crippen LogP contribution in [-0.2, 0) is 9.59 Å². The monoisotopic (exact) mass is 397 g/mol. The van der Waals surface area contributed by atoms with Crippen LogP contribution >= 0.6 is 0 Å². The van der Waals surface area contributed by atoms with Crippen molar-refractivity contribution in [3.05, 3.63) is 59.9 Å². The van der Waals surface area contributed by atoms with Crippen LogP contribution < -0.4 is 10.2 Å². The number of benzene rings is 2. The molecule has 1 N–H and O–H groups in total. The van der Waals surface area contributed by atoms with E-state index in [1.807, 2.05) is 26.8 Å². The zero-order valence-electron chi connectivity index (χ0n) is 16.7. The summed E-state index contributed by atoms with van der Waals surface area (Å²) in [5.41, 5.74) is 1.85. The summed E-state index contributed by atoms with van der Waals surface area (Å²) in [5, 5.41) is 2.65. The summed E-state index contributed by atoms with van der Waals surface area (Å²) in [7, 11) is 0. The summed E-state index contributed by atoms with van der Waals surface area (Å²) in [6.45, 7) is 6.14. The van der Waals surface area contributed by atoms with E-state index in [1.54, 1.807) is 18.2 Å². The number of rotatable bonds is 6. The largest absolute Gasteiger partial charge is 0.332 e. The van der Waals surface area contributed by atoms with Crippen LogP contribution in [0.1, 0.15) is 25.8 Å². The predicted octanol–water partition coefficient (Wildman–Crippen LogP) is 3.96. The summed E-state index contributed by atoms with van der Waals surface area (Å²) < 4.78 is 13.0. The highest BCUT2D eigenvalue weighted by molar-refractivity contribution is 6.22. The third kappa shape index (κ3) is 4.62. The van der Waals surface area contributed by atoms with Crippen molar-refractivity contribution >= 4 is 29.2 Å². The maximum absolute atomic E-state index is 13.1. The fourth-order valence-electron chi connectivity index (χ4n) is 3.36. The van der Waals surface area contributed by atoms with Gasteiger partial charge in [0, 0.05) is 12.2 Å². The van der Waals surface area contributed by atoms with Gasteiger partial charge in [-0.05, 0) is 54.8 Å². The number of nitrogens with zero attached hydrogens (tertiary/aromatic N) is 2. The van der Waals surface area contributed by atoms with Gasteiger partial charge in [0.15, 0.2) is 0 Å². The number of imide groups is 1. The lowest BCUT2D eigenvalue weighted by Crippen LogP contribution is -2.40. The van der Waals surface area contributed by atoms with Gasteiger partial charge in [0.05, 0.1) is 12.1 Å². The number of halogens is 1. The van der Waals surface area contributed by atoms with E-state index < -0.39 is 29.7 Å². The lowest BCUT2D eigenvalue weighted by atomic mass is 10.1. The SMILES string of the molecule is Cc1cccc(N2C(=O)[C@H](CC(=O)Nc3ccc(F)cc3)N(CC(C)C)C2=O)c1. The van der Waals surface area contributed by atoms with E-state index in [0.717, 1.165) is 10.5 Å². The molecule has 4 amide bonds. The number of hydrogen-bond acceptors (Lipinski definition) is 3. The first kappa shape index (κ1) is 20.5. The summed E-state index contributed by atoms with van der Waals surface area (Å²) in [6, 6.07) is 11.2. The standard InChI is InChI=1S/C22H24FN3O3/c1-14(2)13-25-19(12-20(27)24-17-9-7-16(23)8-10-17)21(28)26(22(25)29)18-6-4-5-15(3)11-18/h4-11,14,19H,12-13H2,1-3H3,(H,24,27)/t19-/m0/s1. The first-order chi connectivity index (χ1) is 13.8. The molecule has 0 radical (unpaired) electrons. The second-order valence-corrected chi connectivity index (χ2v) is 7.62. The molecular formula is C22H24FN3O3. The quantitative estimate of drug-likeness (QED) is 0.750. The van der Waals surface area contributed by atoms with Crippen molar-refractivity contribution in [2.45, 2.75) is 33.2 Å². The van der Waals surface area contributed by atoms with Gasteiger partial charge < -0.3 is 10.2 Å². The minimum absolute atomic E-state index is 0.131. The van der Waals surface area contributed by atoms with Crippen molar-refractivity contribution < 1.29 is 18.8 Å². The van der Waals surface area contributed by atoms with Gasteiger partial charge in [-0.2, -0.15) is 0 Å². The highest BCUT2D eigenvalue weighted by Gasteiger charge is 2.46. The molecule has 1 atom stereocenters. The topological polar surface area (TPSA) is 69.7 Å². The van der Waals surface area contributed by atoms with E-state index in [4.69, 9.17) is 0 Å². The fraction of sp³-hybridized carbons (Fsp3) is 0.318. The minimum Gasteiger partial charge on any atom is -0.326 e. The molecule has 1 fully saturated rings. The molecule has 29 heavy (non-hydrogen) atoms. The van der Waals surface area contributed by atoms with E-state index in [0.29, 0.717) is 17.9 Å². The van der Waals surface area contributed by atoms with Crippen molar-refractivity contribution in [3.63, 3.8) is 0 Å². The van der Waals surface area contributed by atoms with Crippen molar-refractivity contribution in [2.75, 3.05) is 16.8 Å². The van der Waals surface area contributed by atoms with Crippen molar-refractivity contribution in [1.29, 1.82) is 0 Å². The highest BCUT2D eigenvalue weighted by Crippen LogP contribution is 2.28. The molecule has 1 heterocycles. The van der Waals surface area contributed by atoms with Gasteiger partial charge in [0.25, 0.3) is 5.91 Å². The number of amides is 4. The zero-order valence-corrected chi connectivity index (χ0v) is 16.7. The van der Waals surface area contributed by atoms with Gasteiger partial charge in [-0.15, -0.1) is 0 Å². The number of carbonyl (C=O) groups excluding carboxylic acids is 3. The van der Waals surface area contributed by atoms with E-state index in [1.165, 1.54) is 29.2 Å². The smallest absolute Gasteiger partial charge is 0.326 e. The maximum Gasteiger partial charge on any atom is 0.332 e. The summed E-state index contributed by atoms with van der Waals surface area (Å²) in [4.78, 5) is 41.2. The summed E-state index contributed by atoms with van der Waals surface area (Å²) >= 11 is 0. The van der Waals surface area contributed by atoms with Crippen LogP contribution in [0.15, 0.2) is 48.5 Å². The second kappa shape index (κ2) is 8.43. The van der Waals surface area contributed by atoms with E-state index >= 15 is 0 Å². The molecule has 2 aromatic rings. The molecule has 152 valence electrons. The van der Waals surface area contributed by atoms with Crippen LogP contribution in [0.25, 0.3) is 0 Å². The van der Waals surface area contributed by atoms with Crippen LogP contribution in [0, 0.1) is 18.7 Å². The maximum atomic E-state index is 13.1. The molecule has 1 saturated heterocycles. The zero-order chi connectivity index (χ0) is 21.1. The van der Waals surface area contributed by atoms with Gasteiger partial charge in [-0.3, -0.25) is 9.59 Å². The number of anilines is 2. The van der Waals surface area contributed by atoms with Crippen molar-refractivity contribution in [3.8, 4) is 0 Å².